The molecule has 3 atom stereocenters. The van der Waals surface area contributed by atoms with Crippen molar-refractivity contribution in [3.63, 3.8) is 0 Å². The molecule has 0 bridgehead atoms. The lowest BCUT2D eigenvalue weighted by atomic mass is 9.73. The maximum atomic E-state index is 13.4. The van der Waals surface area contributed by atoms with Gasteiger partial charge in [-0.2, -0.15) is 0 Å². The number of ether oxygens (including phenoxy) is 2. The van der Waals surface area contributed by atoms with E-state index < -0.39 is 34.8 Å². The van der Waals surface area contributed by atoms with Crippen LogP contribution in [-0.4, -0.2) is 57.5 Å². The molecule has 2 saturated carbocycles. The van der Waals surface area contributed by atoms with E-state index in [1.807, 2.05) is 0 Å². The zero-order chi connectivity index (χ0) is 41.8. The number of allylic oxidation sites excluding steroid dienone is 6. The van der Waals surface area contributed by atoms with Crippen molar-refractivity contribution in [3.8, 4) is 0 Å². The molecule has 0 aromatic carbocycles. The number of carbonyl (C=O) groups excluding carboxylic acids is 4. The van der Waals surface area contributed by atoms with Crippen LogP contribution in [0, 0.1) is 30.9 Å². The van der Waals surface area contributed by atoms with Crippen molar-refractivity contribution < 1.29 is 28.7 Å². The van der Waals surface area contributed by atoms with Crippen LogP contribution in [-0.2, 0) is 46.3 Å². The third kappa shape index (κ3) is 5.63. The van der Waals surface area contributed by atoms with Crippen molar-refractivity contribution in [1.82, 2.24) is 19.8 Å². The molecule has 2 spiro atoms. The second-order valence-electron chi connectivity index (χ2n) is 17.1. The highest BCUT2D eigenvalue weighted by Crippen LogP contribution is 2.58. The molecule has 14 heteroatoms. The van der Waals surface area contributed by atoms with Gasteiger partial charge in [0.15, 0.2) is 11.2 Å². The summed E-state index contributed by atoms with van der Waals surface area (Å²) in [6, 6.07) is 0. The summed E-state index contributed by atoms with van der Waals surface area (Å²) in [6.07, 6.45) is 20.7. The Labute approximate surface area is 356 Å². The average molecular weight is 839 g/mol. The van der Waals surface area contributed by atoms with Crippen LogP contribution in [0.25, 0.3) is 26.9 Å². The average Bonchev–Trinajstić information content (AvgIpc) is 3.89. The van der Waals surface area contributed by atoms with Crippen LogP contribution in [0.15, 0.2) is 63.9 Å². The van der Waals surface area contributed by atoms with E-state index in [4.69, 9.17) is 32.6 Å². The normalized spacial score (nSPS) is 27.1. The van der Waals surface area contributed by atoms with Gasteiger partial charge in [-0.05, 0) is 87.7 Å². The highest BCUT2D eigenvalue weighted by atomic mass is 32.1. The van der Waals surface area contributed by atoms with Crippen LogP contribution < -0.4 is 0 Å². The molecule has 2 aromatic heterocycles. The lowest BCUT2D eigenvalue weighted by Gasteiger charge is -2.45. The summed E-state index contributed by atoms with van der Waals surface area (Å²) in [5, 5.41) is 1.42. The van der Waals surface area contributed by atoms with E-state index in [2.05, 4.69) is 34.0 Å². The van der Waals surface area contributed by atoms with E-state index in [0.29, 0.717) is 28.1 Å². The zero-order valence-electron chi connectivity index (χ0n) is 33.8. The number of aromatic nitrogens is 2. The first-order valence-electron chi connectivity index (χ1n) is 20.7. The van der Waals surface area contributed by atoms with Gasteiger partial charge < -0.3 is 9.47 Å². The zero-order valence-corrected chi connectivity index (χ0v) is 35.5. The SMILES string of the molecule is [C-]#[N+]C1=C(C)/C(=C/c2nc3c(s2)C2=CC4C=C5OC6(CCCCC6)c6nc(CC7C(=O)N(C)C(=O)C([N+]#[C-])=C7C)sc6C5=CC4C=C2OC32CCCCC2)C(=O)N(C)C1=O. The number of likely N-dealkylation sites (N-methyl/N-ethyl adjacent to an activating group) is 2. The Kier molecular flexibility index (Phi) is 8.94. The van der Waals surface area contributed by atoms with Crippen molar-refractivity contribution in [2.45, 2.75) is 95.7 Å². The minimum Gasteiger partial charge on any atom is -0.481 e. The number of nitrogens with zero attached hydrogens (tertiary/aromatic N) is 6. The van der Waals surface area contributed by atoms with Crippen molar-refractivity contribution in [2.75, 3.05) is 14.1 Å². The van der Waals surface area contributed by atoms with E-state index in [1.54, 1.807) is 31.3 Å². The lowest BCUT2D eigenvalue weighted by molar-refractivity contribution is -0.144. The molecular formula is C46H42N6O6S2. The maximum Gasteiger partial charge on any atom is 0.259 e. The van der Waals surface area contributed by atoms with Crippen molar-refractivity contribution >= 4 is 63.5 Å². The first kappa shape index (κ1) is 38.5. The Bertz CT molecular complexity index is 2680. The number of hydrogen-bond donors (Lipinski definition) is 0. The molecule has 6 heterocycles. The summed E-state index contributed by atoms with van der Waals surface area (Å²) >= 11 is 3.10. The van der Waals surface area contributed by atoms with Gasteiger partial charge in [0.1, 0.15) is 27.9 Å². The number of rotatable bonds is 3. The second kappa shape index (κ2) is 13.9. The largest absolute Gasteiger partial charge is 0.481 e. The van der Waals surface area contributed by atoms with Gasteiger partial charge in [0.2, 0.25) is 11.6 Å². The molecule has 4 amide bonds. The molecule has 2 aromatic rings. The summed E-state index contributed by atoms with van der Waals surface area (Å²) in [6.45, 7) is 18.6. The molecule has 4 aliphatic heterocycles. The fourth-order valence-electron chi connectivity index (χ4n) is 10.3. The predicted molar refractivity (Wildman–Crippen MR) is 224 cm³/mol. The lowest BCUT2D eigenvalue weighted by Crippen LogP contribution is -2.44. The molecule has 12 nitrogen and oxygen atoms in total. The third-order valence-electron chi connectivity index (χ3n) is 13.7. The Morgan fingerprint density at radius 1 is 0.733 bits per heavy atom. The quantitative estimate of drug-likeness (QED) is 0.171. The van der Waals surface area contributed by atoms with Gasteiger partial charge in [-0.15, -0.1) is 22.7 Å². The smallest absolute Gasteiger partial charge is 0.259 e. The summed E-state index contributed by atoms with van der Waals surface area (Å²) in [5.74, 6) is -0.964. The van der Waals surface area contributed by atoms with E-state index >= 15 is 0 Å². The topological polar surface area (TPSA) is 128 Å². The number of carbonyl (C=O) groups is 4. The molecule has 3 unspecified atom stereocenters. The molecule has 60 heavy (non-hydrogen) atoms. The van der Waals surface area contributed by atoms with Crippen LogP contribution in [0.1, 0.15) is 109 Å². The summed E-state index contributed by atoms with van der Waals surface area (Å²) in [7, 11) is 2.85. The van der Waals surface area contributed by atoms with Gasteiger partial charge in [0, 0.05) is 49.1 Å². The van der Waals surface area contributed by atoms with Crippen molar-refractivity contribution in [2.24, 2.45) is 17.8 Å². The Balaban J connectivity index is 1.05. The fourth-order valence-corrected chi connectivity index (χ4v) is 12.7. The number of hydrogen-bond acceptors (Lipinski definition) is 10. The molecule has 0 radical (unpaired) electrons. The molecule has 4 aliphatic carbocycles. The summed E-state index contributed by atoms with van der Waals surface area (Å²) in [5.41, 5.74) is 3.69. The summed E-state index contributed by atoms with van der Waals surface area (Å²) < 4.78 is 14.2. The first-order chi connectivity index (χ1) is 28.9. The maximum absolute atomic E-state index is 13.4. The molecule has 8 aliphatic rings. The number of amides is 4. The summed E-state index contributed by atoms with van der Waals surface area (Å²) in [4.78, 5) is 73.7. The fraction of sp³-hybridized carbons (Fsp3) is 0.435. The molecule has 10 rings (SSSR count). The van der Waals surface area contributed by atoms with Crippen LogP contribution in [0.2, 0.25) is 0 Å². The minimum absolute atomic E-state index is 0.00504. The van der Waals surface area contributed by atoms with Crippen LogP contribution >= 0.6 is 22.7 Å². The van der Waals surface area contributed by atoms with Gasteiger partial charge in [-0.3, -0.25) is 29.0 Å². The predicted octanol–water partition coefficient (Wildman–Crippen LogP) is 8.40. The van der Waals surface area contributed by atoms with Crippen LogP contribution in [0.4, 0.5) is 0 Å². The van der Waals surface area contributed by atoms with E-state index in [9.17, 15) is 19.2 Å². The number of thiazole rings is 2. The minimum atomic E-state index is -0.645. The first-order valence-corrected chi connectivity index (χ1v) is 22.3. The standard InChI is InChI=1S/C46H42N6O6S2/c1-23-27(41(53)51(5)43(55)35(23)47-3)21-33-49-39-37(59-33)29-17-25-20-32-30(18-26(25)19-31(29)57-45(39)13-9-7-10-14-45)38-40(46(58-32)15-11-8-12-16-46)50-34(60-38)22-28-24(2)36(48-4)44(56)52(6)42(28)54/h17-21,25-26,28H,7-16,22H2,1-2,5-6H3/b27-21-. The molecule has 304 valence electrons. The Morgan fingerprint density at radius 2 is 1.27 bits per heavy atom. The van der Waals surface area contributed by atoms with Gasteiger partial charge in [0.05, 0.1) is 33.8 Å². The van der Waals surface area contributed by atoms with Gasteiger partial charge in [-0.1, -0.05) is 31.9 Å². The molecule has 0 saturated heterocycles. The molecule has 2 fully saturated rings. The molecule has 0 N–H and O–H groups in total. The number of imide groups is 2. The molecular weight excluding hydrogens is 797 g/mol. The number of fused-ring (bicyclic) bond motifs is 9. The van der Waals surface area contributed by atoms with E-state index in [1.165, 1.54) is 25.4 Å². The Hall–Kier alpha value is -5.70. The van der Waals surface area contributed by atoms with Gasteiger partial charge in [0.25, 0.3) is 23.4 Å². The Morgan fingerprint density at radius 3 is 1.83 bits per heavy atom. The van der Waals surface area contributed by atoms with Gasteiger partial charge in [-0.25, -0.2) is 19.7 Å². The van der Waals surface area contributed by atoms with E-state index in [0.717, 1.165) is 123 Å². The van der Waals surface area contributed by atoms with Crippen LogP contribution in [0.5, 0.6) is 0 Å². The van der Waals surface area contributed by atoms with Crippen molar-refractivity contribution in [3.05, 3.63) is 118 Å². The monoisotopic (exact) mass is 838 g/mol. The highest BCUT2D eigenvalue weighted by molar-refractivity contribution is 7.14. The second-order valence-corrected chi connectivity index (χ2v) is 19.2. The van der Waals surface area contributed by atoms with Gasteiger partial charge >= 0.3 is 0 Å². The van der Waals surface area contributed by atoms with Crippen LogP contribution in [0.3, 0.4) is 0 Å². The van der Waals surface area contributed by atoms with Crippen molar-refractivity contribution in [1.29, 1.82) is 0 Å². The highest BCUT2D eigenvalue weighted by Gasteiger charge is 2.50. The third-order valence-corrected chi connectivity index (χ3v) is 15.8. The van der Waals surface area contributed by atoms with E-state index in [-0.39, 0.29) is 29.1 Å².